The molecular formula is C19H19N5O3S. The molecule has 1 aliphatic carbocycles. The molecule has 2 N–H and O–H groups in total. The highest BCUT2D eigenvalue weighted by Crippen LogP contribution is 2.33. The van der Waals surface area contributed by atoms with Crippen LogP contribution in [0.1, 0.15) is 24.1 Å². The molecule has 0 spiro atoms. The summed E-state index contributed by atoms with van der Waals surface area (Å²) in [6, 6.07) is 8.79. The average Bonchev–Trinajstić information content (AvgIpc) is 3.49. The van der Waals surface area contributed by atoms with Crippen molar-refractivity contribution < 1.29 is 13.2 Å². The van der Waals surface area contributed by atoms with Gasteiger partial charge in [-0.1, -0.05) is 18.2 Å². The van der Waals surface area contributed by atoms with Crippen LogP contribution in [-0.4, -0.2) is 40.4 Å². The van der Waals surface area contributed by atoms with Crippen LogP contribution in [0.4, 0.5) is 5.82 Å². The maximum Gasteiger partial charge on any atom is 0.245 e. The molecule has 28 heavy (non-hydrogen) atoms. The fraction of sp³-hybridized carbons (Fsp3) is 0.316. The van der Waals surface area contributed by atoms with Crippen LogP contribution in [0.3, 0.4) is 0 Å². The predicted octanol–water partition coefficient (Wildman–Crippen LogP) is 2.05. The molecule has 5 rings (SSSR count). The molecule has 144 valence electrons. The number of aromatic amines is 1. The molecule has 3 heterocycles. The summed E-state index contributed by atoms with van der Waals surface area (Å²) in [5.74, 6) is 0.438. The van der Waals surface area contributed by atoms with Gasteiger partial charge in [0.15, 0.2) is 5.82 Å². The second-order valence-electron chi connectivity index (χ2n) is 7.21. The summed E-state index contributed by atoms with van der Waals surface area (Å²) in [5.41, 5.74) is 2.07. The van der Waals surface area contributed by atoms with Crippen LogP contribution in [0.25, 0.3) is 10.9 Å². The molecule has 0 bridgehead atoms. The van der Waals surface area contributed by atoms with E-state index in [9.17, 15) is 13.2 Å². The Morgan fingerprint density at radius 2 is 2.04 bits per heavy atom. The molecular weight excluding hydrogens is 378 g/mol. The van der Waals surface area contributed by atoms with Crippen molar-refractivity contribution in [2.75, 3.05) is 11.9 Å². The first kappa shape index (κ1) is 17.3. The molecule has 0 saturated heterocycles. The average molecular weight is 397 g/mol. The number of hydrogen-bond donors (Lipinski definition) is 2. The molecule has 1 aliphatic heterocycles. The number of anilines is 1. The Hall–Kier alpha value is -2.78. The molecule has 0 unspecified atom stereocenters. The SMILES string of the molecule is O=C(Nc1n[nH]c2c1CN(S(=O)(=O)c1cccc3cccnc13)CC2)C1CC1. The number of benzene rings is 1. The van der Waals surface area contributed by atoms with E-state index in [0.717, 1.165) is 29.5 Å². The maximum absolute atomic E-state index is 13.4. The lowest BCUT2D eigenvalue weighted by atomic mass is 10.1. The third-order valence-corrected chi connectivity index (χ3v) is 7.18. The van der Waals surface area contributed by atoms with Crippen molar-refractivity contribution in [3.05, 3.63) is 47.8 Å². The third-order valence-electron chi connectivity index (χ3n) is 5.30. The number of fused-ring (bicyclic) bond motifs is 2. The minimum absolute atomic E-state index is 0.0486. The van der Waals surface area contributed by atoms with E-state index in [-0.39, 0.29) is 23.3 Å². The number of sulfonamides is 1. The first-order valence-corrected chi connectivity index (χ1v) is 10.7. The van der Waals surface area contributed by atoms with Gasteiger partial charge in [-0.05, 0) is 25.0 Å². The molecule has 1 aromatic carbocycles. The fourth-order valence-electron chi connectivity index (χ4n) is 3.57. The zero-order valence-corrected chi connectivity index (χ0v) is 15.9. The summed E-state index contributed by atoms with van der Waals surface area (Å²) in [4.78, 5) is 16.6. The van der Waals surface area contributed by atoms with E-state index in [0.29, 0.717) is 24.3 Å². The van der Waals surface area contributed by atoms with Crippen LogP contribution in [0.2, 0.25) is 0 Å². The number of rotatable bonds is 4. The van der Waals surface area contributed by atoms with E-state index >= 15 is 0 Å². The first-order valence-electron chi connectivity index (χ1n) is 9.25. The van der Waals surface area contributed by atoms with E-state index in [1.165, 1.54) is 4.31 Å². The quantitative estimate of drug-likeness (QED) is 0.701. The Morgan fingerprint density at radius 3 is 2.86 bits per heavy atom. The monoisotopic (exact) mass is 397 g/mol. The van der Waals surface area contributed by atoms with Crippen molar-refractivity contribution in [3.63, 3.8) is 0 Å². The second kappa shape index (κ2) is 6.39. The smallest absolute Gasteiger partial charge is 0.245 e. The maximum atomic E-state index is 13.4. The van der Waals surface area contributed by atoms with Crippen molar-refractivity contribution in [2.24, 2.45) is 5.92 Å². The lowest BCUT2D eigenvalue weighted by Crippen LogP contribution is -2.36. The molecule has 1 fully saturated rings. The van der Waals surface area contributed by atoms with Gasteiger partial charge in [-0.25, -0.2) is 8.42 Å². The third kappa shape index (κ3) is 2.87. The van der Waals surface area contributed by atoms with E-state index in [4.69, 9.17) is 0 Å². The normalized spacial score (nSPS) is 17.4. The summed E-state index contributed by atoms with van der Waals surface area (Å²) in [7, 11) is -3.74. The number of hydrogen-bond acceptors (Lipinski definition) is 5. The van der Waals surface area contributed by atoms with Gasteiger partial charge in [-0.2, -0.15) is 9.40 Å². The molecule has 0 radical (unpaired) electrons. The van der Waals surface area contributed by atoms with Crippen LogP contribution in [0.5, 0.6) is 0 Å². The van der Waals surface area contributed by atoms with Crippen molar-refractivity contribution in [3.8, 4) is 0 Å². The standard InChI is InChI=1S/C19H19N5O3S/c25-19(13-6-7-13)21-18-14-11-24(10-8-15(14)22-23-18)28(26,27)16-5-1-3-12-4-2-9-20-17(12)16/h1-5,9,13H,6-8,10-11H2,(H2,21,22,23,25). The number of carbonyl (C=O) groups is 1. The zero-order chi connectivity index (χ0) is 19.3. The number of aromatic nitrogens is 3. The second-order valence-corrected chi connectivity index (χ2v) is 9.12. The molecule has 2 aromatic heterocycles. The Morgan fingerprint density at radius 1 is 1.21 bits per heavy atom. The summed E-state index contributed by atoms with van der Waals surface area (Å²) >= 11 is 0. The van der Waals surface area contributed by atoms with Crippen molar-refractivity contribution in [1.82, 2.24) is 19.5 Å². The molecule has 1 saturated carbocycles. The highest BCUT2D eigenvalue weighted by molar-refractivity contribution is 7.89. The van der Waals surface area contributed by atoms with Crippen LogP contribution in [0, 0.1) is 5.92 Å². The fourth-order valence-corrected chi connectivity index (χ4v) is 5.14. The van der Waals surface area contributed by atoms with Gasteiger partial charge in [0.25, 0.3) is 0 Å². The van der Waals surface area contributed by atoms with Crippen LogP contribution in [-0.2, 0) is 27.8 Å². The van der Waals surface area contributed by atoms with Gasteiger partial charge >= 0.3 is 0 Å². The van der Waals surface area contributed by atoms with Gasteiger partial charge in [-0.3, -0.25) is 14.9 Å². The summed E-state index contributed by atoms with van der Waals surface area (Å²) in [6.07, 6.45) is 3.90. The summed E-state index contributed by atoms with van der Waals surface area (Å²) in [6.45, 7) is 0.508. The van der Waals surface area contributed by atoms with Gasteiger partial charge < -0.3 is 5.32 Å². The topological polar surface area (TPSA) is 108 Å². The van der Waals surface area contributed by atoms with Gasteiger partial charge in [0, 0.05) is 48.3 Å². The van der Waals surface area contributed by atoms with Crippen molar-refractivity contribution in [2.45, 2.75) is 30.7 Å². The van der Waals surface area contributed by atoms with Crippen molar-refractivity contribution in [1.29, 1.82) is 0 Å². The van der Waals surface area contributed by atoms with E-state index in [1.807, 2.05) is 12.1 Å². The van der Waals surface area contributed by atoms with Gasteiger partial charge in [0.05, 0.1) is 5.52 Å². The number of amides is 1. The van der Waals surface area contributed by atoms with Gasteiger partial charge in [-0.15, -0.1) is 0 Å². The molecule has 8 nitrogen and oxygen atoms in total. The van der Waals surface area contributed by atoms with Crippen LogP contribution >= 0.6 is 0 Å². The number of pyridine rings is 1. The number of nitrogens with zero attached hydrogens (tertiary/aromatic N) is 3. The number of para-hydroxylation sites is 1. The van der Waals surface area contributed by atoms with Gasteiger partial charge in [0.1, 0.15) is 4.90 Å². The predicted molar refractivity (Wildman–Crippen MR) is 103 cm³/mol. The highest BCUT2D eigenvalue weighted by Gasteiger charge is 2.34. The number of H-pyrrole nitrogens is 1. The lowest BCUT2D eigenvalue weighted by molar-refractivity contribution is -0.117. The lowest BCUT2D eigenvalue weighted by Gasteiger charge is -2.26. The summed E-state index contributed by atoms with van der Waals surface area (Å²) in [5, 5.41) is 10.7. The summed E-state index contributed by atoms with van der Waals surface area (Å²) < 4.78 is 28.1. The molecule has 2 aliphatic rings. The zero-order valence-electron chi connectivity index (χ0n) is 15.1. The molecule has 3 aromatic rings. The Labute approximate surface area is 162 Å². The largest absolute Gasteiger partial charge is 0.309 e. The first-order chi connectivity index (χ1) is 13.5. The van der Waals surface area contributed by atoms with Crippen molar-refractivity contribution >= 4 is 32.7 Å². The molecule has 9 heteroatoms. The van der Waals surface area contributed by atoms with Crippen LogP contribution in [0.15, 0.2) is 41.4 Å². The van der Waals surface area contributed by atoms with Crippen LogP contribution < -0.4 is 5.32 Å². The molecule has 0 atom stereocenters. The minimum atomic E-state index is -3.74. The Bertz CT molecular complexity index is 1180. The highest BCUT2D eigenvalue weighted by atomic mass is 32.2. The van der Waals surface area contributed by atoms with E-state index in [2.05, 4.69) is 20.5 Å². The van der Waals surface area contributed by atoms with Gasteiger partial charge in [0.2, 0.25) is 15.9 Å². The number of carbonyl (C=O) groups excluding carboxylic acids is 1. The molecule has 1 amide bonds. The Kier molecular flexibility index (Phi) is 3.95. The Balaban J connectivity index is 1.48. The number of nitrogens with one attached hydrogen (secondary N) is 2. The minimum Gasteiger partial charge on any atom is -0.309 e. The van der Waals surface area contributed by atoms with E-state index in [1.54, 1.807) is 24.4 Å². The van der Waals surface area contributed by atoms with E-state index < -0.39 is 10.0 Å².